The van der Waals surface area contributed by atoms with E-state index in [0.29, 0.717) is 18.6 Å². The zero-order chi connectivity index (χ0) is 20.9. The van der Waals surface area contributed by atoms with E-state index in [1.54, 1.807) is 12.4 Å². The number of phenolic OH excluding ortho intramolecular Hbond substituents is 1. The third-order valence-electron chi connectivity index (χ3n) is 6.35. The lowest BCUT2D eigenvalue weighted by Gasteiger charge is -2.56. The van der Waals surface area contributed by atoms with E-state index in [1.807, 2.05) is 18.5 Å². The van der Waals surface area contributed by atoms with Gasteiger partial charge >= 0.3 is 0 Å². The van der Waals surface area contributed by atoms with Crippen LogP contribution in [-0.4, -0.2) is 55.1 Å². The Bertz CT molecular complexity index is 1220. The first-order valence-corrected chi connectivity index (χ1v) is 10.4. The molecular weight excluding hydrogens is 395 g/mol. The van der Waals surface area contributed by atoms with Crippen molar-refractivity contribution in [1.29, 1.82) is 0 Å². The summed E-state index contributed by atoms with van der Waals surface area (Å²) in [5, 5.41) is 10.6. The highest BCUT2D eigenvalue weighted by Crippen LogP contribution is 2.36. The van der Waals surface area contributed by atoms with Gasteiger partial charge in [0.05, 0.1) is 5.69 Å². The summed E-state index contributed by atoms with van der Waals surface area (Å²) < 4.78 is 13.6. The van der Waals surface area contributed by atoms with Crippen LogP contribution in [0.5, 0.6) is 5.75 Å². The minimum atomic E-state index is -0.396. The fraction of sp³-hybridized carbons (Fsp3) is 0.261. The highest BCUT2D eigenvalue weighted by Gasteiger charge is 2.44. The summed E-state index contributed by atoms with van der Waals surface area (Å²) in [6.07, 6.45) is 6.44. The van der Waals surface area contributed by atoms with Gasteiger partial charge in [-0.05, 0) is 42.3 Å². The quantitative estimate of drug-likeness (QED) is 0.531. The molecule has 6 heterocycles. The second-order valence-corrected chi connectivity index (χ2v) is 8.31. The van der Waals surface area contributed by atoms with Crippen molar-refractivity contribution in [3.8, 4) is 17.0 Å². The van der Waals surface area contributed by atoms with Gasteiger partial charge in [0, 0.05) is 61.1 Å². The van der Waals surface area contributed by atoms with Crippen LogP contribution in [0.1, 0.15) is 12.0 Å². The van der Waals surface area contributed by atoms with E-state index in [2.05, 4.69) is 36.9 Å². The Morgan fingerprint density at radius 1 is 1.06 bits per heavy atom. The number of anilines is 1. The van der Waals surface area contributed by atoms with Crippen molar-refractivity contribution in [2.45, 2.75) is 25.0 Å². The molecule has 2 atom stereocenters. The summed E-state index contributed by atoms with van der Waals surface area (Å²) in [5.41, 5.74) is 3.46. The molecule has 1 aromatic carbocycles. The number of piperidine rings is 1. The van der Waals surface area contributed by atoms with E-state index in [-0.39, 0.29) is 5.75 Å². The lowest BCUT2D eigenvalue weighted by Crippen LogP contribution is -2.68. The van der Waals surface area contributed by atoms with E-state index < -0.39 is 5.82 Å². The van der Waals surface area contributed by atoms with Gasteiger partial charge in [0.25, 0.3) is 0 Å². The Kier molecular flexibility index (Phi) is 4.14. The molecule has 0 amide bonds. The molecule has 2 unspecified atom stereocenters. The standard InChI is InChI=1S/C23H21FN6O/c24-16-5-14(6-19(31)7-16)10-30-17-8-18(30)12-29(11-17)21-2-1-15(9-26-21)22-20-3-4-25-23(20)28-13-27-22/h1-7,9,13,17-18,31H,8,10-12H2,(H,25,27,28). The van der Waals surface area contributed by atoms with Gasteiger partial charge in [0.1, 0.15) is 29.4 Å². The minimum Gasteiger partial charge on any atom is -0.508 e. The Labute approximate surface area is 178 Å². The Morgan fingerprint density at radius 3 is 2.71 bits per heavy atom. The Morgan fingerprint density at radius 2 is 1.94 bits per heavy atom. The van der Waals surface area contributed by atoms with E-state index in [9.17, 15) is 9.50 Å². The van der Waals surface area contributed by atoms with Crippen molar-refractivity contribution in [3.05, 3.63) is 66.5 Å². The highest BCUT2D eigenvalue weighted by atomic mass is 19.1. The number of benzene rings is 1. The summed E-state index contributed by atoms with van der Waals surface area (Å²) in [5.74, 6) is 0.542. The average Bonchev–Trinajstić information content (AvgIpc) is 3.26. The lowest BCUT2D eigenvalue weighted by atomic mass is 9.86. The number of nitrogens with zero attached hydrogens (tertiary/aromatic N) is 5. The highest BCUT2D eigenvalue weighted by molar-refractivity contribution is 5.90. The van der Waals surface area contributed by atoms with Crippen LogP contribution in [0.15, 0.2) is 55.1 Å². The molecule has 8 heteroatoms. The van der Waals surface area contributed by atoms with Crippen molar-refractivity contribution < 1.29 is 9.50 Å². The van der Waals surface area contributed by atoms with Gasteiger partial charge in [-0.15, -0.1) is 0 Å². The molecule has 7 nitrogen and oxygen atoms in total. The smallest absolute Gasteiger partial charge is 0.141 e. The van der Waals surface area contributed by atoms with Crippen molar-refractivity contribution in [2.24, 2.45) is 0 Å². The maximum atomic E-state index is 13.6. The number of nitrogens with one attached hydrogen (secondary N) is 1. The van der Waals surface area contributed by atoms with Crippen LogP contribution in [0.4, 0.5) is 10.2 Å². The first-order valence-electron chi connectivity index (χ1n) is 10.4. The molecule has 0 aliphatic carbocycles. The van der Waals surface area contributed by atoms with Gasteiger partial charge in [-0.1, -0.05) is 0 Å². The molecular formula is C23H21FN6O. The zero-order valence-corrected chi connectivity index (χ0v) is 16.7. The monoisotopic (exact) mass is 416 g/mol. The van der Waals surface area contributed by atoms with E-state index in [4.69, 9.17) is 4.98 Å². The first kappa shape index (κ1) is 18.3. The molecule has 0 saturated carbocycles. The number of pyridine rings is 1. The van der Waals surface area contributed by atoms with Gasteiger partial charge in [-0.3, -0.25) is 4.90 Å². The lowest BCUT2D eigenvalue weighted by molar-refractivity contribution is -0.00878. The Balaban J connectivity index is 1.17. The van der Waals surface area contributed by atoms with E-state index >= 15 is 0 Å². The maximum Gasteiger partial charge on any atom is 0.141 e. The molecule has 0 spiro atoms. The molecule has 3 aliphatic rings. The molecule has 3 saturated heterocycles. The van der Waals surface area contributed by atoms with Crippen molar-refractivity contribution in [3.63, 3.8) is 0 Å². The second-order valence-electron chi connectivity index (χ2n) is 8.31. The van der Waals surface area contributed by atoms with Crippen LogP contribution >= 0.6 is 0 Å². The van der Waals surface area contributed by atoms with Crippen LogP contribution in [0.2, 0.25) is 0 Å². The molecule has 3 aliphatic heterocycles. The SMILES string of the molecule is Oc1cc(F)cc(CN2C3CC2CN(c2ccc(-c4ncnc5[nH]ccc45)cn2)C3)c1. The van der Waals surface area contributed by atoms with Crippen LogP contribution in [0, 0.1) is 5.82 Å². The number of aromatic nitrogens is 4. The topological polar surface area (TPSA) is 81.2 Å². The Hall–Kier alpha value is -3.52. The normalized spacial score (nSPS) is 20.7. The van der Waals surface area contributed by atoms with Gasteiger partial charge in [0.15, 0.2) is 0 Å². The number of halogens is 1. The van der Waals surface area contributed by atoms with Crippen molar-refractivity contribution >= 4 is 16.9 Å². The molecule has 156 valence electrons. The first-order chi connectivity index (χ1) is 15.1. The predicted octanol–water partition coefficient (Wildman–Crippen LogP) is 3.33. The molecule has 3 aromatic heterocycles. The van der Waals surface area contributed by atoms with E-state index in [1.165, 1.54) is 6.07 Å². The summed E-state index contributed by atoms with van der Waals surface area (Å²) in [6.45, 7) is 2.43. The molecule has 0 radical (unpaired) electrons. The molecule has 2 bridgehead atoms. The third kappa shape index (κ3) is 3.19. The minimum absolute atomic E-state index is 0.0211. The number of hydrogen-bond acceptors (Lipinski definition) is 6. The summed E-state index contributed by atoms with van der Waals surface area (Å²) in [7, 11) is 0. The van der Waals surface area contributed by atoms with Gasteiger partial charge in [-0.25, -0.2) is 19.3 Å². The predicted molar refractivity (Wildman–Crippen MR) is 115 cm³/mol. The van der Waals surface area contributed by atoms with Crippen molar-refractivity contribution in [1.82, 2.24) is 24.8 Å². The van der Waals surface area contributed by atoms with E-state index in [0.717, 1.165) is 59.2 Å². The van der Waals surface area contributed by atoms with Crippen LogP contribution in [0.3, 0.4) is 0 Å². The summed E-state index contributed by atoms with van der Waals surface area (Å²) in [6, 6.07) is 11.2. The number of fused-ring (bicyclic) bond motifs is 3. The largest absolute Gasteiger partial charge is 0.508 e. The fourth-order valence-electron chi connectivity index (χ4n) is 4.88. The number of H-pyrrole nitrogens is 1. The van der Waals surface area contributed by atoms with Gasteiger partial charge < -0.3 is 15.0 Å². The van der Waals surface area contributed by atoms with Crippen LogP contribution < -0.4 is 4.90 Å². The average molecular weight is 416 g/mol. The number of phenols is 1. The molecule has 2 N–H and O–H groups in total. The van der Waals surface area contributed by atoms with Gasteiger partial charge in [0.2, 0.25) is 0 Å². The molecule has 3 fully saturated rings. The zero-order valence-electron chi connectivity index (χ0n) is 16.7. The third-order valence-corrected chi connectivity index (χ3v) is 6.35. The van der Waals surface area contributed by atoms with Crippen LogP contribution in [-0.2, 0) is 6.54 Å². The van der Waals surface area contributed by atoms with Crippen LogP contribution in [0.25, 0.3) is 22.3 Å². The number of aromatic hydroxyl groups is 1. The fourth-order valence-corrected chi connectivity index (χ4v) is 4.88. The second kappa shape index (κ2) is 7.02. The molecule has 31 heavy (non-hydrogen) atoms. The van der Waals surface area contributed by atoms with Crippen molar-refractivity contribution in [2.75, 3.05) is 18.0 Å². The number of rotatable bonds is 4. The summed E-state index contributed by atoms with van der Waals surface area (Å²) >= 11 is 0. The number of hydrogen-bond donors (Lipinski definition) is 2. The van der Waals surface area contributed by atoms with Gasteiger partial charge in [-0.2, -0.15) is 0 Å². The maximum absolute atomic E-state index is 13.6. The summed E-state index contributed by atoms with van der Waals surface area (Å²) in [4.78, 5) is 21.2. The molecule has 7 rings (SSSR count). The molecule has 4 aromatic rings. The number of aromatic amines is 1. The number of piperazine rings is 1.